The van der Waals surface area contributed by atoms with Crippen LogP contribution in [0.5, 0.6) is 0 Å². The number of nitrogens with zero attached hydrogens (tertiary/aromatic N) is 3. The first-order chi connectivity index (χ1) is 11.8. The van der Waals surface area contributed by atoms with Crippen molar-refractivity contribution in [2.45, 2.75) is 6.92 Å². The van der Waals surface area contributed by atoms with Crippen molar-refractivity contribution in [2.75, 3.05) is 37.6 Å². The maximum absolute atomic E-state index is 4.49. The topological polar surface area (TPSA) is 18.8 Å². The van der Waals surface area contributed by atoms with Gasteiger partial charge in [-0.3, -0.25) is 4.99 Å². The number of aliphatic imine (C=N–C) groups is 1. The maximum Gasteiger partial charge on any atom is 0.0631 e. The van der Waals surface area contributed by atoms with E-state index >= 15 is 0 Å². The van der Waals surface area contributed by atoms with E-state index in [1.807, 2.05) is 30.5 Å². The number of hydrogen-bond acceptors (Lipinski definition) is 3. The average Bonchev–Trinajstić information content (AvgIpc) is 2.67. The SMILES string of the molecule is CCN1CCN(c2ccc(N=CC=Cc3ccccc3)cc2)CC1. The highest BCUT2D eigenvalue weighted by molar-refractivity contribution is 5.80. The van der Waals surface area contributed by atoms with E-state index in [2.05, 4.69) is 64.2 Å². The van der Waals surface area contributed by atoms with Crippen molar-refractivity contribution in [1.29, 1.82) is 0 Å². The van der Waals surface area contributed by atoms with Crippen LogP contribution in [-0.2, 0) is 0 Å². The Morgan fingerprint density at radius 2 is 1.62 bits per heavy atom. The molecule has 0 spiro atoms. The molecule has 3 rings (SSSR count). The second-order valence-corrected chi connectivity index (χ2v) is 5.99. The van der Waals surface area contributed by atoms with Crippen LogP contribution in [0.3, 0.4) is 0 Å². The van der Waals surface area contributed by atoms with Gasteiger partial charge in [0.1, 0.15) is 0 Å². The van der Waals surface area contributed by atoms with Crippen LogP contribution in [0.25, 0.3) is 6.08 Å². The molecule has 1 saturated heterocycles. The molecule has 3 nitrogen and oxygen atoms in total. The third kappa shape index (κ3) is 4.56. The summed E-state index contributed by atoms with van der Waals surface area (Å²) in [5.74, 6) is 0. The van der Waals surface area contributed by atoms with Crippen LogP contribution in [0.15, 0.2) is 65.7 Å². The molecule has 124 valence electrons. The summed E-state index contributed by atoms with van der Waals surface area (Å²) in [4.78, 5) is 9.44. The number of piperazine rings is 1. The Morgan fingerprint density at radius 3 is 2.29 bits per heavy atom. The van der Waals surface area contributed by atoms with Crippen molar-refractivity contribution in [1.82, 2.24) is 4.90 Å². The largest absolute Gasteiger partial charge is 0.369 e. The van der Waals surface area contributed by atoms with Crippen molar-refractivity contribution in [3.05, 3.63) is 66.2 Å². The van der Waals surface area contributed by atoms with Gasteiger partial charge in [-0.15, -0.1) is 0 Å². The van der Waals surface area contributed by atoms with Gasteiger partial charge in [0.2, 0.25) is 0 Å². The fourth-order valence-corrected chi connectivity index (χ4v) is 2.92. The molecule has 1 fully saturated rings. The lowest BCUT2D eigenvalue weighted by molar-refractivity contribution is 0.271. The van der Waals surface area contributed by atoms with Crippen LogP contribution >= 0.6 is 0 Å². The van der Waals surface area contributed by atoms with E-state index in [-0.39, 0.29) is 0 Å². The van der Waals surface area contributed by atoms with Crippen LogP contribution in [0.2, 0.25) is 0 Å². The van der Waals surface area contributed by atoms with Crippen molar-refractivity contribution in [3.8, 4) is 0 Å². The summed E-state index contributed by atoms with van der Waals surface area (Å²) in [6.45, 7) is 7.90. The summed E-state index contributed by atoms with van der Waals surface area (Å²) in [5.41, 5.74) is 3.47. The first kappa shape index (κ1) is 16.5. The first-order valence-electron chi connectivity index (χ1n) is 8.68. The van der Waals surface area contributed by atoms with Gasteiger partial charge in [0, 0.05) is 38.1 Å². The van der Waals surface area contributed by atoms with E-state index in [9.17, 15) is 0 Å². The quantitative estimate of drug-likeness (QED) is 0.768. The van der Waals surface area contributed by atoms with Gasteiger partial charge in [-0.1, -0.05) is 43.3 Å². The Kier molecular flexibility index (Phi) is 5.80. The molecule has 0 amide bonds. The normalized spacial score (nSPS) is 16.3. The zero-order valence-corrected chi connectivity index (χ0v) is 14.3. The smallest absolute Gasteiger partial charge is 0.0631 e. The molecule has 0 aliphatic carbocycles. The fourth-order valence-electron chi connectivity index (χ4n) is 2.92. The van der Waals surface area contributed by atoms with Gasteiger partial charge < -0.3 is 9.80 Å². The molecule has 1 aliphatic rings. The van der Waals surface area contributed by atoms with Crippen molar-refractivity contribution >= 4 is 23.7 Å². The molecule has 2 aromatic rings. The van der Waals surface area contributed by atoms with Crippen LogP contribution in [0.1, 0.15) is 12.5 Å². The van der Waals surface area contributed by atoms with Gasteiger partial charge in [0.15, 0.2) is 0 Å². The summed E-state index contributed by atoms with van der Waals surface area (Å²) >= 11 is 0. The summed E-state index contributed by atoms with van der Waals surface area (Å²) in [5, 5.41) is 0. The van der Waals surface area contributed by atoms with Crippen molar-refractivity contribution in [3.63, 3.8) is 0 Å². The lowest BCUT2D eigenvalue weighted by Gasteiger charge is -2.35. The second kappa shape index (κ2) is 8.46. The Bertz CT molecular complexity index is 666. The Hall–Kier alpha value is -2.39. The molecule has 1 heterocycles. The van der Waals surface area contributed by atoms with Crippen LogP contribution in [0.4, 0.5) is 11.4 Å². The van der Waals surface area contributed by atoms with Crippen LogP contribution in [-0.4, -0.2) is 43.8 Å². The standard InChI is InChI=1S/C21H25N3/c1-2-23-15-17-24(18-16-23)21-12-10-20(11-13-21)22-14-6-9-19-7-4-3-5-8-19/h3-14H,2,15-18H2,1H3. The fraction of sp³-hybridized carbons (Fsp3) is 0.286. The molecule has 3 heteroatoms. The number of benzene rings is 2. The molecule has 2 aromatic carbocycles. The third-order valence-corrected chi connectivity index (χ3v) is 4.43. The molecule has 0 aromatic heterocycles. The van der Waals surface area contributed by atoms with Gasteiger partial charge >= 0.3 is 0 Å². The van der Waals surface area contributed by atoms with E-state index in [1.54, 1.807) is 0 Å². The zero-order valence-electron chi connectivity index (χ0n) is 14.3. The molecule has 1 aliphatic heterocycles. The van der Waals surface area contributed by atoms with Crippen LogP contribution in [0, 0.1) is 0 Å². The van der Waals surface area contributed by atoms with Gasteiger partial charge in [-0.2, -0.15) is 0 Å². The van der Waals surface area contributed by atoms with E-state index in [0.29, 0.717) is 0 Å². The predicted octanol–water partition coefficient (Wildman–Crippen LogP) is 4.24. The number of anilines is 1. The summed E-state index contributed by atoms with van der Waals surface area (Å²) in [6.07, 6.45) is 5.89. The van der Waals surface area contributed by atoms with Gasteiger partial charge in [0.05, 0.1) is 5.69 Å². The van der Waals surface area contributed by atoms with Crippen molar-refractivity contribution < 1.29 is 0 Å². The molecular weight excluding hydrogens is 294 g/mol. The lowest BCUT2D eigenvalue weighted by atomic mass is 10.2. The van der Waals surface area contributed by atoms with Gasteiger partial charge in [-0.05, 0) is 42.4 Å². The number of hydrogen-bond donors (Lipinski definition) is 0. The van der Waals surface area contributed by atoms with Gasteiger partial charge in [0.25, 0.3) is 0 Å². The summed E-state index contributed by atoms with van der Waals surface area (Å²) < 4.78 is 0. The summed E-state index contributed by atoms with van der Waals surface area (Å²) in [6, 6.07) is 18.8. The molecule has 0 bridgehead atoms. The molecule has 0 saturated carbocycles. The Morgan fingerprint density at radius 1 is 0.917 bits per heavy atom. The summed E-state index contributed by atoms with van der Waals surface area (Å²) in [7, 11) is 0. The van der Waals surface area contributed by atoms with E-state index < -0.39 is 0 Å². The minimum atomic E-state index is 0.989. The molecule has 0 atom stereocenters. The molecule has 24 heavy (non-hydrogen) atoms. The zero-order chi connectivity index (χ0) is 16.6. The third-order valence-electron chi connectivity index (χ3n) is 4.43. The number of allylic oxidation sites excluding steroid dienone is 1. The van der Waals surface area contributed by atoms with Crippen molar-refractivity contribution in [2.24, 2.45) is 4.99 Å². The van der Waals surface area contributed by atoms with E-state index in [0.717, 1.165) is 38.4 Å². The Balaban J connectivity index is 1.55. The first-order valence-corrected chi connectivity index (χ1v) is 8.68. The molecule has 0 radical (unpaired) electrons. The highest BCUT2D eigenvalue weighted by atomic mass is 15.3. The van der Waals surface area contributed by atoms with Crippen LogP contribution < -0.4 is 4.90 Å². The number of likely N-dealkylation sites (N-methyl/N-ethyl adjacent to an activating group) is 1. The lowest BCUT2D eigenvalue weighted by Crippen LogP contribution is -2.46. The Labute approximate surface area is 144 Å². The van der Waals surface area contributed by atoms with E-state index in [1.165, 1.54) is 11.3 Å². The molecule has 0 unspecified atom stereocenters. The second-order valence-electron chi connectivity index (χ2n) is 5.99. The molecular formula is C21H25N3. The minimum absolute atomic E-state index is 0.989. The average molecular weight is 319 g/mol. The monoisotopic (exact) mass is 319 g/mol. The van der Waals surface area contributed by atoms with Gasteiger partial charge in [-0.25, -0.2) is 0 Å². The molecule has 0 N–H and O–H groups in total. The highest BCUT2D eigenvalue weighted by Gasteiger charge is 2.15. The minimum Gasteiger partial charge on any atom is -0.369 e. The van der Waals surface area contributed by atoms with E-state index in [4.69, 9.17) is 0 Å². The number of rotatable bonds is 5. The maximum atomic E-state index is 4.49. The predicted molar refractivity (Wildman–Crippen MR) is 104 cm³/mol. The highest BCUT2D eigenvalue weighted by Crippen LogP contribution is 2.20.